The molecule has 8 heteroatoms. The Bertz CT molecular complexity index is 723. The van der Waals surface area contributed by atoms with Gasteiger partial charge in [-0.2, -0.15) is 0 Å². The number of thioether (sulfide) groups is 1. The van der Waals surface area contributed by atoms with Crippen LogP contribution >= 0.6 is 27.7 Å². The fourth-order valence-electron chi connectivity index (χ4n) is 1.82. The summed E-state index contributed by atoms with van der Waals surface area (Å²) in [5, 5.41) is 0. The van der Waals surface area contributed by atoms with Crippen LogP contribution in [0.5, 0.6) is 0 Å². The number of sulfonamides is 1. The lowest BCUT2D eigenvalue weighted by molar-refractivity contribution is 0.596. The molecule has 0 bridgehead atoms. The highest BCUT2D eigenvalue weighted by Crippen LogP contribution is 2.33. The first-order chi connectivity index (χ1) is 9.91. The van der Waals surface area contributed by atoms with Crippen molar-refractivity contribution in [3.63, 3.8) is 0 Å². The molecule has 0 aliphatic rings. The van der Waals surface area contributed by atoms with E-state index in [1.807, 2.05) is 18.4 Å². The Morgan fingerprint density at radius 3 is 2.52 bits per heavy atom. The monoisotopic (exact) mass is 387 g/mol. The van der Waals surface area contributed by atoms with Crippen LogP contribution in [0.4, 0.5) is 5.69 Å². The highest BCUT2D eigenvalue weighted by Gasteiger charge is 2.21. The van der Waals surface area contributed by atoms with Crippen LogP contribution < -0.4 is 4.31 Å². The standard InChI is InChI=1S/C13H14BrN3O2S2/c1-20-13-5-11(14)3-4-12(13)17(21(2,18)19)8-10-6-15-9-16-7-10/h3-7,9H,8H2,1-2H3. The summed E-state index contributed by atoms with van der Waals surface area (Å²) in [5.74, 6) is 0. The normalized spacial score (nSPS) is 11.4. The predicted molar refractivity (Wildman–Crippen MR) is 89.0 cm³/mol. The van der Waals surface area contributed by atoms with Crippen molar-refractivity contribution in [1.82, 2.24) is 9.97 Å². The van der Waals surface area contributed by atoms with Gasteiger partial charge < -0.3 is 0 Å². The van der Waals surface area contributed by atoms with Crippen LogP contribution in [0.15, 0.2) is 46.3 Å². The average molecular weight is 388 g/mol. The van der Waals surface area contributed by atoms with Crippen LogP contribution in [0.1, 0.15) is 5.56 Å². The molecule has 2 rings (SSSR count). The van der Waals surface area contributed by atoms with Gasteiger partial charge in [-0.3, -0.25) is 4.31 Å². The van der Waals surface area contributed by atoms with E-state index in [1.165, 1.54) is 28.7 Å². The van der Waals surface area contributed by atoms with Gasteiger partial charge in [-0.05, 0) is 24.5 Å². The molecule has 0 aliphatic carbocycles. The van der Waals surface area contributed by atoms with E-state index < -0.39 is 10.0 Å². The molecule has 0 aliphatic heterocycles. The van der Waals surface area contributed by atoms with E-state index in [0.29, 0.717) is 5.69 Å². The van der Waals surface area contributed by atoms with E-state index in [-0.39, 0.29) is 6.54 Å². The van der Waals surface area contributed by atoms with Crippen LogP contribution in [0, 0.1) is 0 Å². The summed E-state index contributed by atoms with van der Waals surface area (Å²) >= 11 is 4.90. The first-order valence-electron chi connectivity index (χ1n) is 5.97. The molecule has 0 amide bonds. The molecule has 0 saturated carbocycles. The third-order valence-corrected chi connectivity index (χ3v) is 5.14. The predicted octanol–water partition coefficient (Wildman–Crippen LogP) is 2.93. The zero-order valence-corrected chi connectivity index (χ0v) is 14.7. The van der Waals surface area contributed by atoms with Crippen molar-refractivity contribution in [3.8, 4) is 0 Å². The van der Waals surface area contributed by atoms with Gasteiger partial charge in [0.1, 0.15) is 6.33 Å². The van der Waals surface area contributed by atoms with Gasteiger partial charge >= 0.3 is 0 Å². The molecule has 0 spiro atoms. The number of aromatic nitrogens is 2. The van der Waals surface area contributed by atoms with Crippen molar-refractivity contribution in [2.45, 2.75) is 11.4 Å². The molecule has 1 aromatic heterocycles. The lowest BCUT2D eigenvalue weighted by atomic mass is 10.3. The van der Waals surface area contributed by atoms with Crippen molar-refractivity contribution in [2.24, 2.45) is 0 Å². The minimum atomic E-state index is -3.41. The Balaban J connectivity index is 2.47. The highest BCUT2D eigenvalue weighted by molar-refractivity contribution is 9.10. The van der Waals surface area contributed by atoms with Crippen LogP contribution in [0.25, 0.3) is 0 Å². The maximum atomic E-state index is 12.2. The molecule has 0 N–H and O–H groups in total. The molecule has 5 nitrogen and oxygen atoms in total. The maximum absolute atomic E-state index is 12.2. The lowest BCUT2D eigenvalue weighted by Gasteiger charge is -2.24. The van der Waals surface area contributed by atoms with Gasteiger partial charge in [-0.25, -0.2) is 18.4 Å². The van der Waals surface area contributed by atoms with Gasteiger partial charge in [0, 0.05) is 27.3 Å². The molecule has 21 heavy (non-hydrogen) atoms. The fourth-order valence-corrected chi connectivity index (χ4v) is 3.92. The summed E-state index contributed by atoms with van der Waals surface area (Å²) in [6, 6.07) is 5.52. The minimum Gasteiger partial charge on any atom is -0.265 e. The van der Waals surface area contributed by atoms with E-state index in [4.69, 9.17) is 0 Å². The maximum Gasteiger partial charge on any atom is 0.232 e. The summed E-state index contributed by atoms with van der Waals surface area (Å²) in [6.45, 7) is 0.203. The van der Waals surface area contributed by atoms with Crippen LogP contribution in [0.2, 0.25) is 0 Å². The Morgan fingerprint density at radius 2 is 1.95 bits per heavy atom. The number of benzene rings is 1. The molecule has 0 saturated heterocycles. The molecule has 0 atom stereocenters. The van der Waals surface area contributed by atoms with E-state index in [2.05, 4.69) is 25.9 Å². The van der Waals surface area contributed by atoms with Crippen LogP contribution in [-0.4, -0.2) is 30.9 Å². The number of rotatable bonds is 5. The molecule has 1 heterocycles. The number of nitrogens with zero attached hydrogens (tertiary/aromatic N) is 3. The second-order valence-corrected chi connectivity index (χ2v) is 8.00. The molecule has 2 aromatic rings. The van der Waals surface area contributed by atoms with Crippen molar-refractivity contribution in [2.75, 3.05) is 16.8 Å². The smallest absolute Gasteiger partial charge is 0.232 e. The Morgan fingerprint density at radius 1 is 1.29 bits per heavy atom. The van der Waals surface area contributed by atoms with Crippen LogP contribution in [0.3, 0.4) is 0 Å². The van der Waals surface area contributed by atoms with Crippen LogP contribution in [-0.2, 0) is 16.6 Å². The van der Waals surface area contributed by atoms with Gasteiger partial charge in [0.05, 0.1) is 18.5 Å². The molecule has 1 aromatic carbocycles. The minimum absolute atomic E-state index is 0.203. The van der Waals surface area contributed by atoms with Gasteiger partial charge in [0.25, 0.3) is 0 Å². The van der Waals surface area contributed by atoms with E-state index >= 15 is 0 Å². The van der Waals surface area contributed by atoms with Gasteiger partial charge in [-0.15, -0.1) is 11.8 Å². The van der Waals surface area contributed by atoms with Crippen molar-refractivity contribution in [3.05, 3.63) is 47.0 Å². The van der Waals surface area contributed by atoms with E-state index in [0.717, 1.165) is 14.9 Å². The summed E-state index contributed by atoms with van der Waals surface area (Å²) in [7, 11) is -3.41. The molecule has 0 fully saturated rings. The molecular weight excluding hydrogens is 374 g/mol. The molecular formula is C13H14BrN3O2S2. The number of halogens is 1. The second kappa shape index (κ2) is 6.76. The van der Waals surface area contributed by atoms with E-state index in [1.54, 1.807) is 18.5 Å². The number of anilines is 1. The van der Waals surface area contributed by atoms with E-state index in [9.17, 15) is 8.42 Å². The summed E-state index contributed by atoms with van der Waals surface area (Å²) < 4.78 is 26.6. The highest BCUT2D eigenvalue weighted by atomic mass is 79.9. The summed E-state index contributed by atoms with van der Waals surface area (Å²) in [4.78, 5) is 8.73. The third-order valence-electron chi connectivity index (χ3n) is 2.75. The topological polar surface area (TPSA) is 63.2 Å². The molecule has 112 valence electrons. The Kier molecular flexibility index (Phi) is 5.23. The third kappa shape index (κ3) is 4.18. The second-order valence-electron chi connectivity index (χ2n) is 4.33. The first-order valence-corrected chi connectivity index (χ1v) is 9.83. The van der Waals surface area contributed by atoms with Gasteiger partial charge in [0.2, 0.25) is 10.0 Å². The summed E-state index contributed by atoms with van der Waals surface area (Å²) in [6.07, 6.45) is 7.76. The van der Waals surface area contributed by atoms with Gasteiger partial charge in [-0.1, -0.05) is 15.9 Å². The lowest BCUT2D eigenvalue weighted by Crippen LogP contribution is -2.29. The first kappa shape index (κ1) is 16.3. The Hall–Kier alpha value is -1.12. The molecule has 0 radical (unpaired) electrons. The SMILES string of the molecule is CSc1cc(Br)ccc1N(Cc1cncnc1)S(C)(=O)=O. The number of hydrogen-bond acceptors (Lipinski definition) is 5. The number of hydrogen-bond donors (Lipinski definition) is 0. The van der Waals surface area contributed by atoms with Gasteiger partial charge in [0.15, 0.2) is 0 Å². The van der Waals surface area contributed by atoms with Crippen molar-refractivity contribution in [1.29, 1.82) is 0 Å². The zero-order chi connectivity index (χ0) is 15.5. The zero-order valence-electron chi connectivity index (χ0n) is 11.5. The Labute approximate surface area is 137 Å². The fraction of sp³-hybridized carbons (Fsp3) is 0.231. The molecule has 0 unspecified atom stereocenters. The quantitative estimate of drug-likeness (QED) is 0.737. The average Bonchev–Trinajstić information content (AvgIpc) is 2.45. The summed E-state index contributed by atoms with van der Waals surface area (Å²) in [5.41, 5.74) is 1.38. The van der Waals surface area contributed by atoms with Crippen molar-refractivity contribution >= 4 is 43.4 Å². The largest absolute Gasteiger partial charge is 0.265 e. The van der Waals surface area contributed by atoms with Crippen molar-refractivity contribution < 1.29 is 8.42 Å².